The Hall–Kier alpha value is -3.29. The van der Waals surface area contributed by atoms with E-state index in [1.54, 1.807) is 0 Å². The van der Waals surface area contributed by atoms with Crippen LogP contribution in [-0.4, -0.2) is 193 Å². The zero-order valence-corrected chi connectivity index (χ0v) is 61.6. The molecule has 0 bridgehead atoms. The highest BCUT2D eigenvalue weighted by molar-refractivity contribution is 5.76. The molecule has 0 aliphatic carbocycles. The van der Waals surface area contributed by atoms with Gasteiger partial charge < -0.3 is 89.9 Å². The van der Waals surface area contributed by atoms with Gasteiger partial charge in [-0.15, -0.1) is 0 Å². The molecule has 0 saturated carbocycles. The van der Waals surface area contributed by atoms with Gasteiger partial charge in [0, 0.05) is 6.42 Å². The summed E-state index contributed by atoms with van der Waals surface area (Å²) in [5.74, 6) is -0.245. The summed E-state index contributed by atoms with van der Waals surface area (Å²) >= 11 is 0. The van der Waals surface area contributed by atoms with Gasteiger partial charge in [0.05, 0.1) is 38.6 Å². The van der Waals surface area contributed by atoms with E-state index in [0.717, 1.165) is 103 Å². The number of carbonyl (C=O) groups is 1. The van der Waals surface area contributed by atoms with Gasteiger partial charge in [0.25, 0.3) is 0 Å². The van der Waals surface area contributed by atoms with E-state index in [0.29, 0.717) is 12.8 Å². The second-order valence-electron chi connectivity index (χ2n) is 27.8. The Bertz CT molecular complexity index is 2190. The molecule has 17 unspecified atom stereocenters. The average molecular weight is 1420 g/mol. The number of hydrogen-bond acceptors (Lipinski definition) is 18. The van der Waals surface area contributed by atoms with Crippen molar-refractivity contribution in [2.24, 2.45) is 0 Å². The van der Waals surface area contributed by atoms with E-state index < -0.39 is 124 Å². The first-order valence-electron chi connectivity index (χ1n) is 39.5. The van der Waals surface area contributed by atoms with E-state index in [1.165, 1.54) is 141 Å². The number of amides is 1. The monoisotopic (exact) mass is 1420 g/mol. The third-order valence-electron chi connectivity index (χ3n) is 19.2. The molecule has 3 aliphatic rings. The normalized spacial score (nSPS) is 27.0. The van der Waals surface area contributed by atoms with E-state index in [9.17, 15) is 61.0 Å². The van der Waals surface area contributed by atoms with Gasteiger partial charge in [0.1, 0.15) is 73.2 Å². The van der Waals surface area contributed by atoms with E-state index in [1.807, 2.05) is 0 Å². The second kappa shape index (κ2) is 60.9. The lowest BCUT2D eigenvalue weighted by atomic mass is 9.96. The summed E-state index contributed by atoms with van der Waals surface area (Å²) in [6.07, 6.45) is 54.9. The van der Waals surface area contributed by atoms with Crippen LogP contribution in [0.25, 0.3) is 0 Å². The first kappa shape index (κ1) is 90.9. The zero-order chi connectivity index (χ0) is 72.5. The molecule has 12 N–H and O–H groups in total. The summed E-state index contributed by atoms with van der Waals surface area (Å²) in [5.41, 5.74) is 0. The average Bonchev–Trinajstić information content (AvgIpc) is 0.784. The number of allylic oxidation sites excluding steroid dienone is 16. The van der Waals surface area contributed by atoms with Gasteiger partial charge in [-0.1, -0.05) is 291 Å². The molecule has 17 atom stereocenters. The maximum atomic E-state index is 13.5. The van der Waals surface area contributed by atoms with Gasteiger partial charge in [-0.3, -0.25) is 4.79 Å². The van der Waals surface area contributed by atoms with Crippen LogP contribution < -0.4 is 5.32 Å². The molecule has 3 heterocycles. The Morgan fingerprint density at radius 2 is 0.690 bits per heavy atom. The smallest absolute Gasteiger partial charge is 0.220 e. The molecular formula is C81H141NO18. The van der Waals surface area contributed by atoms with Crippen molar-refractivity contribution in [3.05, 3.63) is 97.2 Å². The number of nitrogens with one attached hydrogen (secondary N) is 1. The second-order valence-corrected chi connectivity index (χ2v) is 27.8. The van der Waals surface area contributed by atoms with Crippen molar-refractivity contribution in [2.75, 3.05) is 26.4 Å². The first-order chi connectivity index (χ1) is 48.8. The van der Waals surface area contributed by atoms with Gasteiger partial charge in [0.15, 0.2) is 18.9 Å². The van der Waals surface area contributed by atoms with Crippen LogP contribution in [0.4, 0.5) is 0 Å². The Labute approximate surface area is 603 Å². The van der Waals surface area contributed by atoms with Gasteiger partial charge in [0.2, 0.25) is 5.91 Å². The van der Waals surface area contributed by atoms with Crippen LogP contribution in [0.3, 0.4) is 0 Å². The number of carbonyl (C=O) groups excluding carboxylic acids is 1. The predicted molar refractivity (Wildman–Crippen MR) is 397 cm³/mol. The van der Waals surface area contributed by atoms with Crippen LogP contribution >= 0.6 is 0 Å². The fourth-order valence-electron chi connectivity index (χ4n) is 12.9. The molecular weight excluding hydrogens is 1270 g/mol. The lowest BCUT2D eigenvalue weighted by Crippen LogP contribution is -2.66. The van der Waals surface area contributed by atoms with Crippen LogP contribution in [0.15, 0.2) is 97.2 Å². The molecule has 3 fully saturated rings. The van der Waals surface area contributed by atoms with Gasteiger partial charge >= 0.3 is 0 Å². The lowest BCUT2D eigenvalue weighted by Gasteiger charge is -2.48. The molecule has 3 rings (SSSR count). The third kappa shape index (κ3) is 40.8. The molecule has 1 amide bonds. The minimum atomic E-state index is -1.98. The molecule has 3 saturated heterocycles. The molecule has 0 radical (unpaired) electrons. The maximum Gasteiger partial charge on any atom is 0.220 e. The fourth-order valence-corrected chi connectivity index (χ4v) is 12.9. The highest BCUT2D eigenvalue weighted by Gasteiger charge is 2.54. The van der Waals surface area contributed by atoms with Crippen molar-refractivity contribution in [1.29, 1.82) is 0 Å². The largest absolute Gasteiger partial charge is 0.394 e. The highest BCUT2D eigenvalue weighted by atomic mass is 16.8. The molecule has 3 aliphatic heterocycles. The number of ether oxygens (including phenoxy) is 6. The van der Waals surface area contributed by atoms with Gasteiger partial charge in [-0.05, 0) is 77.0 Å². The minimum absolute atomic E-state index is 0.245. The maximum absolute atomic E-state index is 13.5. The standard InChI is InChI=1S/C81H141NO18/c1-3-5-7-9-11-13-15-17-19-21-22-23-24-25-26-27-28-29-30-31-32-33-34-35-36-37-38-39-40-41-42-43-45-47-49-51-53-55-57-59-69(87)82-64(65(86)58-56-54-52-50-48-46-44-20-18-16-14-12-10-8-6-4-2)63-95-79-75(93)72(90)77(67(61-84)97-79)100-81-76(94)73(91)78(68(62-85)98-81)99-80-74(92)71(89)70(88)66(60-83)96-80/h5,7,11,13,17,19,22-23,25-26,28-29,31-32,34-35,64-68,70-81,83-86,88-94H,3-4,6,8-10,12,14-16,18,20-21,24,27,30,33,36-63H2,1-2H3,(H,82,87)/b7-5-,13-11-,19-17-,23-22-,26-25-,29-28-,32-31-,35-34-. The Morgan fingerprint density at radius 1 is 0.370 bits per heavy atom. The third-order valence-corrected chi connectivity index (χ3v) is 19.2. The number of unbranched alkanes of at least 4 members (excludes halogenated alkanes) is 29. The SMILES string of the molecule is CC/C=C\C/C=C\C/C=C\C/C=C\C/C=C\C/C=C\C/C=C\C/C=C\CCCCCCCCCCCCCCCCC(=O)NC(COC1OC(CO)C(OC2OC(CO)C(OC3OC(CO)C(O)C(O)C3O)C(O)C2O)C(O)C1O)C(O)CCCCCCCCCCCCCCCCCC. The van der Waals surface area contributed by atoms with E-state index in [2.05, 4.69) is 116 Å². The van der Waals surface area contributed by atoms with E-state index in [-0.39, 0.29) is 18.9 Å². The molecule has 0 aromatic heterocycles. The minimum Gasteiger partial charge on any atom is -0.394 e. The topological polar surface area (TPSA) is 307 Å². The Morgan fingerprint density at radius 3 is 1.08 bits per heavy atom. The quantitative estimate of drug-likeness (QED) is 0.0199. The van der Waals surface area contributed by atoms with Crippen LogP contribution in [0, 0.1) is 0 Å². The fraction of sp³-hybridized carbons (Fsp3) is 0.790. The summed E-state index contributed by atoms with van der Waals surface area (Å²) < 4.78 is 34.5. The molecule has 19 heteroatoms. The molecule has 0 aromatic carbocycles. The first-order valence-corrected chi connectivity index (χ1v) is 39.5. The van der Waals surface area contributed by atoms with Crippen LogP contribution in [0.2, 0.25) is 0 Å². The van der Waals surface area contributed by atoms with Gasteiger partial charge in [-0.2, -0.15) is 0 Å². The predicted octanol–water partition coefficient (Wildman–Crippen LogP) is 12.8. The van der Waals surface area contributed by atoms with Crippen molar-refractivity contribution in [3.8, 4) is 0 Å². The molecule has 0 spiro atoms. The zero-order valence-electron chi connectivity index (χ0n) is 61.6. The summed E-state index contributed by atoms with van der Waals surface area (Å²) in [6.45, 7) is 1.70. The van der Waals surface area contributed by atoms with Crippen LogP contribution in [0.1, 0.15) is 277 Å². The number of aliphatic hydroxyl groups excluding tert-OH is 11. The number of aliphatic hydroxyl groups is 11. The summed E-state index contributed by atoms with van der Waals surface area (Å²) in [6, 6.07) is -0.892. The van der Waals surface area contributed by atoms with Crippen molar-refractivity contribution < 1.29 is 89.4 Å². The summed E-state index contributed by atoms with van der Waals surface area (Å²) in [5, 5.41) is 121. The van der Waals surface area contributed by atoms with Crippen molar-refractivity contribution >= 4 is 5.91 Å². The molecule has 19 nitrogen and oxygen atoms in total. The lowest BCUT2D eigenvalue weighted by molar-refractivity contribution is -0.379. The van der Waals surface area contributed by atoms with Crippen molar-refractivity contribution in [3.63, 3.8) is 0 Å². The Balaban J connectivity index is 1.32. The van der Waals surface area contributed by atoms with E-state index >= 15 is 0 Å². The summed E-state index contributed by atoms with van der Waals surface area (Å²) in [4.78, 5) is 13.5. The van der Waals surface area contributed by atoms with Gasteiger partial charge in [-0.25, -0.2) is 0 Å². The molecule has 100 heavy (non-hydrogen) atoms. The highest BCUT2D eigenvalue weighted by Crippen LogP contribution is 2.33. The van der Waals surface area contributed by atoms with Crippen molar-refractivity contribution in [2.45, 2.75) is 381 Å². The molecule has 0 aromatic rings. The number of hydrogen-bond donors (Lipinski definition) is 12. The van der Waals surface area contributed by atoms with Crippen LogP contribution in [-0.2, 0) is 33.2 Å². The Kier molecular flexibility index (Phi) is 55.4. The van der Waals surface area contributed by atoms with Crippen molar-refractivity contribution in [1.82, 2.24) is 5.32 Å². The summed E-state index contributed by atoms with van der Waals surface area (Å²) in [7, 11) is 0. The van der Waals surface area contributed by atoms with Crippen LogP contribution in [0.5, 0.6) is 0 Å². The van der Waals surface area contributed by atoms with E-state index in [4.69, 9.17) is 28.4 Å². The molecule has 578 valence electrons. The number of rotatable bonds is 61.